The molecule has 31 heavy (non-hydrogen) atoms. The van der Waals surface area contributed by atoms with Gasteiger partial charge in [0.2, 0.25) is 5.88 Å². The summed E-state index contributed by atoms with van der Waals surface area (Å²) < 4.78 is 53.3. The first-order valence-corrected chi connectivity index (χ1v) is 10.2. The van der Waals surface area contributed by atoms with Crippen molar-refractivity contribution in [1.29, 1.82) is 0 Å². The Hall–Kier alpha value is -2.86. The lowest BCUT2D eigenvalue weighted by Gasteiger charge is -2.35. The summed E-state index contributed by atoms with van der Waals surface area (Å²) in [4.78, 5) is 24.6. The minimum absolute atomic E-state index is 0.0275. The number of methoxy groups -OCH3 is 1. The lowest BCUT2D eigenvalue weighted by Crippen LogP contribution is -2.43. The molecule has 164 valence electrons. The number of halogens is 3. The van der Waals surface area contributed by atoms with Gasteiger partial charge in [-0.25, -0.2) is 28.1 Å². The van der Waals surface area contributed by atoms with E-state index in [4.69, 9.17) is 15.2 Å². The lowest BCUT2D eigenvalue weighted by atomic mass is 9.78. The van der Waals surface area contributed by atoms with Gasteiger partial charge >= 0.3 is 0 Å². The van der Waals surface area contributed by atoms with Crippen LogP contribution in [0.25, 0.3) is 0 Å². The zero-order chi connectivity index (χ0) is 22.2. The number of anilines is 1. The van der Waals surface area contributed by atoms with Crippen molar-refractivity contribution in [3.8, 4) is 5.88 Å². The maximum atomic E-state index is 14.9. The summed E-state index contributed by atoms with van der Waals surface area (Å²) in [6.07, 6.45) is 1.61. The molecule has 0 bridgehead atoms. The molecule has 3 N–H and O–H groups in total. The third-order valence-corrected chi connectivity index (χ3v) is 6.19. The zero-order valence-corrected chi connectivity index (χ0v) is 17.1. The molecule has 1 amide bonds. The van der Waals surface area contributed by atoms with Gasteiger partial charge in [0.05, 0.1) is 32.2 Å². The number of carbonyl (C=O) groups is 1. The fourth-order valence-electron chi connectivity index (χ4n) is 3.73. The molecule has 2 aliphatic rings. The highest BCUT2D eigenvalue weighted by Crippen LogP contribution is 2.49. The molecule has 3 atom stereocenters. The standard InChI is InChI=1S/C19H18F3N5O3S/c1-29-15-6-24-13(5-25-15)17(28)26-9-2-10(16(22)12(21)3-9)19-8-30-14(4-20)11(19)7-31-18(23)27-19/h2-3,5-6,11,14H,4,7-8H2,1H3,(H2,23,27)(H,26,28)/t11-,14?,19-/m1/s1. The maximum absolute atomic E-state index is 14.9. The number of benzene rings is 1. The van der Waals surface area contributed by atoms with Crippen molar-refractivity contribution < 1.29 is 27.4 Å². The van der Waals surface area contributed by atoms with Gasteiger partial charge in [-0.05, 0) is 6.07 Å². The van der Waals surface area contributed by atoms with Crippen LogP contribution in [0.5, 0.6) is 5.88 Å². The molecule has 0 aliphatic carbocycles. The van der Waals surface area contributed by atoms with E-state index in [0.29, 0.717) is 5.75 Å². The van der Waals surface area contributed by atoms with E-state index in [1.54, 1.807) is 0 Å². The van der Waals surface area contributed by atoms with E-state index in [9.17, 15) is 18.0 Å². The first-order chi connectivity index (χ1) is 14.9. The Morgan fingerprint density at radius 1 is 1.39 bits per heavy atom. The molecule has 1 saturated heterocycles. The number of hydrogen-bond donors (Lipinski definition) is 2. The van der Waals surface area contributed by atoms with Crippen molar-refractivity contribution >= 4 is 28.5 Å². The number of ether oxygens (including phenoxy) is 2. The molecule has 1 unspecified atom stereocenters. The number of nitrogens with two attached hydrogens (primary N) is 1. The second-order valence-electron chi connectivity index (χ2n) is 7.01. The van der Waals surface area contributed by atoms with Crippen LogP contribution in [0.4, 0.5) is 18.9 Å². The summed E-state index contributed by atoms with van der Waals surface area (Å²) in [6, 6.07) is 2.10. The highest BCUT2D eigenvalue weighted by atomic mass is 32.2. The first-order valence-electron chi connectivity index (χ1n) is 9.20. The smallest absolute Gasteiger partial charge is 0.275 e. The van der Waals surface area contributed by atoms with Gasteiger partial charge in [-0.15, -0.1) is 0 Å². The molecule has 0 saturated carbocycles. The van der Waals surface area contributed by atoms with Gasteiger partial charge in [0.1, 0.15) is 17.9 Å². The summed E-state index contributed by atoms with van der Waals surface area (Å²) in [5, 5.41) is 2.64. The second kappa shape index (κ2) is 8.35. The van der Waals surface area contributed by atoms with E-state index in [2.05, 4.69) is 20.3 Å². The SMILES string of the molecule is COc1cnc(C(=O)Nc2cc(F)c(F)c([C@]34COC(CF)[C@H]3CSC(N)=N4)c2)cn1. The van der Waals surface area contributed by atoms with Gasteiger partial charge in [0.25, 0.3) is 5.91 Å². The molecule has 3 heterocycles. The van der Waals surface area contributed by atoms with E-state index in [-0.39, 0.29) is 34.6 Å². The van der Waals surface area contributed by atoms with Crippen LogP contribution in [0.1, 0.15) is 16.1 Å². The largest absolute Gasteiger partial charge is 0.480 e. The van der Waals surface area contributed by atoms with Crippen LogP contribution in [0.3, 0.4) is 0 Å². The number of thioether (sulfide) groups is 1. The Kier molecular flexibility index (Phi) is 5.75. The summed E-state index contributed by atoms with van der Waals surface area (Å²) in [6.45, 7) is -0.954. The molecule has 2 aliphatic heterocycles. The number of aromatic nitrogens is 2. The van der Waals surface area contributed by atoms with Crippen LogP contribution in [-0.2, 0) is 10.3 Å². The van der Waals surface area contributed by atoms with Crippen LogP contribution < -0.4 is 15.8 Å². The Morgan fingerprint density at radius 2 is 2.19 bits per heavy atom. The van der Waals surface area contributed by atoms with Crippen LogP contribution in [-0.4, -0.2) is 53.3 Å². The zero-order valence-electron chi connectivity index (χ0n) is 16.3. The first kappa shape index (κ1) is 21.4. The van der Waals surface area contributed by atoms with Gasteiger partial charge in [-0.2, -0.15) is 0 Å². The Labute approximate surface area is 179 Å². The van der Waals surface area contributed by atoms with E-state index in [1.807, 2.05) is 0 Å². The molecule has 2 aromatic rings. The van der Waals surface area contributed by atoms with Gasteiger partial charge in [-0.3, -0.25) is 4.79 Å². The highest BCUT2D eigenvalue weighted by Gasteiger charge is 2.54. The van der Waals surface area contributed by atoms with Crippen molar-refractivity contribution in [1.82, 2.24) is 9.97 Å². The number of nitrogens with zero attached hydrogens (tertiary/aromatic N) is 3. The average molecular weight is 453 g/mol. The maximum Gasteiger partial charge on any atom is 0.275 e. The third kappa shape index (κ3) is 3.81. The normalized spacial score (nSPS) is 25.0. The lowest BCUT2D eigenvalue weighted by molar-refractivity contribution is 0.0721. The summed E-state index contributed by atoms with van der Waals surface area (Å²) in [7, 11) is 1.40. The molecule has 0 radical (unpaired) electrons. The van der Waals surface area contributed by atoms with Crippen molar-refractivity contribution in [2.24, 2.45) is 16.6 Å². The monoisotopic (exact) mass is 453 g/mol. The van der Waals surface area contributed by atoms with Crippen molar-refractivity contribution in [2.45, 2.75) is 11.6 Å². The van der Waals surface area contributed by atoms with Gasteiger partial charge in [0.15, 0.2) is 16.8 Å². The Morgan fingerprint density at radius 3 is 2.87 bits per heavy atom. The van der Waals surface area contributed by atoms with E-state index in [1.165, 1.54) is 37.3 Å². The molecule has 1 fully saturated rings. The highest BCUT2D eigenvalue weighted by molar-refractivity contribution is 8.13. The predicted molar refractivity (Wildman–Crippen MR) is 108 cm³/mol. The quantitative estimate of drug-likeness (QED) is 0.714. The molecular formula is C19H18F3N5O3S. The predicted octanol–water partition coefficient (Wildman–Crippen LogP) is 2.26. The number of nitrogens with one attached hydrogen (secondary N) is 1. The minimum atomic E-state index is -1.39. The number of rotatable bonds is 5. The van der Waals surface area contributed by atoms with Gasteiger partial charge in [0, 0.05) is 29.0 Å². The Balaban J connectivity index is 1.71. The molecule has 0 spiro atoms. The van der Waals surface area contributed by atoms with Gasteiger partial charge < -0.3 is 20.5 Å². The van der Waals surface area contributed by atoms with Crippen molar-refractivity contribution in [3.05, 3.63) is 47.4 Å². The molecule has 12 heteroatoms. The fourth-order valence-corrected chi connectivity index (χ4v) is 4.80. The third-order valence-electron chi connectivity index (χ3n) is 5.27. The van der Waals surface area contributed by atoms with E-state index in [0.717, 1.165) is 6.07 Å². The summed E-state index contributed by atoms with van der Waals surface area (Å²) >= 11 is 1.20. The van der Waals surface area contributed by atoms with Crippen LogP contribution in [0, 0.1) is 17.6 Å². The number of amidine groups is 1. The number of alkyl halides is 1. The fraction of sp³-hybridized carbons (Fsp3) is 0.368. The molecule has 4 rings (SSSR count). The topological polar surface area (TPSA) is 112 Å². The van der Waals surface area contributed by atoms with Crippen LogP contribution >= 0.6 is 11.8 Å². The molecular weight excluding hydrogens is 435 g/mol. The molecule has 1 aromatic heterocycles. The average Bonchev–Trinajstić information content (AvgIpc) is 3.14. The summed E-state index contributed by atoms with van der Waals surface area (Å²) in [5.41, 5.74) is 4.23. The van der Waals surface area contributed by atoms with Crippen LogP contribution in [0.15, 0.2) is 29.5 Å². The number of amides is 1. The molecule has 8 nitrogen and oxygen atoms in total. The number of aliphatic imine (C=N–C) groups is 1. The minimum Gasteiger partial charge on any atom is -0.480 e. The van der Waals surface area contributed by atoms with E-state index >= 15 is 0 Å². The summed E-state index contributed by atoms with van der Waals surface area (Å²) in [5.74, 6) is -3.04. The van der Waals surface area contributed by atoms with Crippen LogP contribution in [0.2, 0.25) is 0 Å². The Bertz CT molecular complexity index is 1040. The van der Waals surface area contributed by atoms with Crippen molar-refractivity contribution in [3.63, 3.8) is 0 Å². The second-order valence-corrected chi connectivity index (χ2v) is 8.05. The van der Waals surface area contributed by atoms with Crippen molar-refractivity contribution in [2.75, 3.05) is 31.5 Å². The van der Waals surface area contributed by atoms with E-state index < -0.39 is 41.8 Å². The number of hydrogen-bond acceptors (Lipinski definition) is 8. The molecule has 1 aromatic carbocycles. The van der Waals surface area contributed by atoms with Gasteiger partial charge in [-0.1, -0.05) is 11.8 Å². The number of fused-ring (bicyclic) bond motifs is 1. The number of carbonyl (C=O) groups excluding carboxylic acids is 1.